The summed E-state index contributed by atoms with van der Waals surface area (Å²) in [5.74, 6) is 0.112. The first-order chi connectivity index (χ1) is 12.9. The van der Waals surface area contributed by atoms with Crippen LogP contribution in [-0.2, 0) is 14.8 Å². The number of rotatable bonds is 4. The number of hydrogen-bond donors (Lipinski definition) is 1. The van der Waals surface area contributed by atoms with Crippen molar-refractivity contribution in [1.82, 2.24) is 9.29 Å². The van der Waals surface area contributed by atoms with Gasteiger partial charge in [-0.15, -0.1) is 0 Å². The quantitative estimate of drug-likeness (QED) is 0.871. The van der Waals surface area contributed by atoms with Gasteiger partial charge in [0.25, 0.3) is 0 Å². The molecule has 1 aliphatic heterocycles. The van der Waals surface area contributed by atoms with E-state index in [9.17, 15) is 13.2 Å². The minimum absolute atomic E-state index is 0.137. The maximum Gasteiger partial charge on any atom is 0.243 e. The van der Waals surface area contributed by atoms with Gasteiger partial charge in [0.05, 0.1) is 16.5 Å². The molecule has 1 fully saturated rings. The van der Waals surface area contributed by atoms with E-state index in [0.717, 1.165) is 5.56 Å². The average Bonchev–Trinajstić information content (AvgIpc) is 2.70. The van der Waals surface area contributed by atoms with E-state index in [0.29, 0.717) is 24.2 Å². The van der Waals surface area contributed by atoms with E-state index in [4.69, 9.17) is 5.26 Å². The van der Waals surface area contributed by atoms with Crippen LogP contribution in [0.4, 0.5) is 5.82 Å². The highest BCUT2D eigenvalue weighted by atomic mass is 32.2. The number of piperidine rings is 1. The van der Waals surface area contributed by atoms with Gasteiger partial charge in [-0.1, -0.05) is 6.07 Å². The number of hydrogen-bond acceptors (Lipinski definition) is 5. The molecule has 2 heterocycles. The van der Waals surface area contributed by atoms with E-state index < -0.39 is 10.0 Å². The van der Waals surface area contributed by atoms with Crippen LogP contribution in [0.5, 0.6) is 0 Å². The molecule has 1 aromatic carbocycles. The van der Waals surface area contributed by atoms with Crippen LogP contribution in [-0.4, -0.2) is 36.7 Å². The first-order valence-electron chi connectivity index (χ1n) is 8.64. The summed E-state index contributed by atoms with van der Waals surface area (Å²) in [5.41, 5.74) is 1.42. The van der Waals surface area contributed by atoms with Crippen LogP contribution in [0.25, 0.3) is 0 Å². The number of benzene rings is 1. The molecule has 1 N–H and O–H groups in total. The molecule has 1 amide bonds. The molecule has 1 aromatic heterocycles. The van der Waals surface area contributed by atoms with E-state index in [-0.39, 0.29) is 29.8 Å². The molecule has 0 radical (unpaired) electrons. The summed E-state index contributed by atoms with van der Waals surface area (Å²) in [4.78, 5) is 16.7. The van der Waals surface area contributed by atoms with Gasteiger partial charge in [-0.25, -0.2) is 13.4 Å². The molecule has 0 atom stereocenters. The Morgan fingerprint density at radius 3 is 2.41 bits per heavy atom. The molecular formula is C19H20N4O3S. The van der Waals surface area contributed by atoms with E-state index in [1.54, 1.807) is 12.3 Å². The van der Waals surface area contributed by atoms with Crippen molar-refractivity contribution in [3.63, 3.8) is 0 Å². The van der Waals surface area contributed by atoms with Crippen LogP contribution < -0.4 is 5.32 Å². The van der Waals surface area contributed by atoms with E-state index in [1.165, 1.54) is 28.6 Å². The summed E-state index contributed by atoms with van der Waals surface area (Å²) in [6.45, 7) is 2.48. The lowest BCUT2D eigenvalue weighted by molar-refractivity contribution is -0.120. The molecule has 1 aliphatic rings. The number of nitrogens with one attached hydrogen (secondary N) is 1. The molecule has 0 bridgehead atoms. The minimum Gasteiger partial charge on any atom is -0.310 e. The van der Waals surface area contributed by atoms with Gasteiger partial charge in [0, 0.05) is 25.2 Å². The third kappa shape index (κ3) is 4.32. The van der Waals surface area contributed by atoms with Crippen molar-refractivity contribution >= 4 is 21.7 Å². The highest BCUT2D eigenvalue weighted by Crippen LogP contribution is 2.25. The first kappa shape index (κ1) is 19.0. The van der Waals surface area contributed by atoms with Gasteiger partial charge in [-0.2, -0.15) is 9.57 Å². The number of amides is 1. The maximum atomic E-state index is 12.7. The summed E-state index contributed by atoms with van der Waals surface area (Å²) in [7, 11) is -3.62. The zero-order valence-electron chi connectivity index (χ0n) is 14.9. The van der Waals surface area contributed by atoms with Gasteiger partial charge < -0.3 is 5.32 Å². The fraction of sp³-hybridized carbons (Fsp3) is 0.316. The molecule has 0 spiro atoms. The number of nitriles is 1. The molecule has 8 heteroatoms. The highest BCUT2D eigenvalue weighted by Gasteiger charge is 2.32. The highest BCUT2D eigenvalue weighted by molar-refractivity contribution is 7.89. The lowest BCUT2D eigenvalue weighted by Gasteiger charge is -2.30. The van der Waals surface area contributed by atoms with E-state index in [1.807, 2.05) is 19.1 Å². The molecule has 7 nitrogen and oxygen atoms in total. The third-order valence-electron chi connectivity index (χ3n) is 4.61. The number of aryl methyl sites for hydroxylation is 1. The smallest absolute Gasteiger partial charge is 0.243 e. The second kappa shape index (κ2) is 7.86. The fourth-order valence-corrected chi connectivity index (χ4v) is 4.45. The Hall–Kier alpha value is -2.76. The second-order valence-corrected chi connectivity index (χ2v) is 8.46. The molecule has 140 valence electrons. The number of carbonyl (C=O) groups is 1. The lowest BCUT2D eigenvalue weighted by Crippen LogP contribution is -2.41. The normalized spacial score (nSPS) is 15.9. The SMILES string of the molecule is Cc1ccc(NC(=O)C2CCN(S(=O)(=O)c3ccc(C#N)cc3)CC2)nc1. The molecule has 2 aromatic rings. The monoisotopic (exact) mass is 384 g/mol. The van der Waals surface area contributed by atoms with Gasteiger partial charge in [-0.05, 0) is 55.7 Å². The van der Waals surface area contributed by atoms with Crippen molar-refractivity contribution in [2.24, 2.45) is 5.92 Å². The number of nitrogens with zero attached hydrogens (tertiary/aromatic N) is 3. The van der Waals surface area contributed by atoms with E-state index >= 15 is 0 Å². The predicted octanol–water partition coefficient (Wildman–Crippen LogP) is 2.30. The van der Waals surface area contributed by atoms with Crippen LogP contribution in [0.15, 0.2) is 47.5 Å². The summed E-state index contributed by atoms with van der Waals surface area (Å²) >= 11 is 0. The van der Waals surface area contributed by atoms with Crippen molar-refractivity contribution in [2.45, 2.75) is 24.7 Å². The van der Waals surface area contributed by atoms with Crippen molar-refractivity contribution in [2.75, 3.05) is 18.4 Å². The van der Waals surface area contributed by atoms with Crippen LogP contribution in [0.1, 0.15) is 24.0 Å². The molecule has 3 rings (SSSR count). The van der Waals surface area contributed by atoms with Crippen molar-refractivity contribution < 1.29 is 13.2 Å². The zero-order valence-corrected chi connectivity index (χ0v) is 15.7. The van der Waals surface area contributed by atoms with Gasteiger partial charge in [-0.3, -0.25) is 4.79 Å². The minimum atomic E-state index is -3.62. The largest absolute Gasteiger partial charge is 0.310 e. The molecular weight excluding hydrogens is 364 g/mol. The molecule has 1 saturated heterocycles. The Balaban J connectivity index is 1.61. The van der Waals surface area contributed by atoms with Crippen LogP contribution >= 0.6 is 0 Å². The van der Waals surface area contributed by atoms with Crippen molar-refractivity contribution in [3.05, 3.63) is 53.7 Å². The average molecular weight is 384 g/mol. The van der Waals surface area contributed by atoms with Gasteiger partial charge in [0.1, 0.15) is 5.82 Å². The van der Waals surface area contributed by atoms with Crippen molar-refractivity contribution in [1.29, 1.82) is 5.26 Å². The first-order valence-corrected chi connectivity index (χ1v) is 10.1. The summed E-state index contributed by atoms with van der Waals surface area (Å²) < 4.78 is 26.8. The number of carbonyl (C=O) groups excluding carboxylic acids is 1. The Morgan fingerprint density at radius 1 is 1.19 bits per heavy atom. The molecule has 0 aliphatic carbocycles. The topological polar surface area (TPSA) is 103 Å². The van der Waals surface area contributed by atoms with Crippen LogP contribution in [0, 0.1) is 24.2 Å². The number of pyridine rings is 1. The second-order valence-electron chi connectivity index (χ2n) is 6.52. The van der Waals surface area contributed by atoms with Crippen LogP contribution in [0.3, 0.4) is 0 Å². The number of anilines is 1. The molecule has 0 saturated carbocycles. The molecule has 0 unspecified atom stereocenters. The Bertz CT molecular complexity index is 956. The van der Waals surface area contributed by atoms with Gasteiger partial charge >= 0.3 is 0 Å². The van der Waals surface area contributed by atoms with Gasteiger partial charge in [0.2, 0.25) is 15.9 Å². The maximum absolute atomic E-state index is 12.7. The standard InChI is InChI=1S/C19H20N4O3S/c1-14-2-7-18(21-13-14)22-19(24)16-8-10-23(11-9-16)27(25,26)17-5-3-15(12-20)4-6-17/h2-7,13,16H,8-11H2,1H3,(H,21,22,24). The summed E-state index contributed by atoms with van der Waals surface area (Å²) in [5, 5.41) is 11.6. The summed E-state index contributed by atoms with van der Waals surface area (Å²) in [6, 6.07) is 11.4. The fourth-order valence-electron chi connectivity index (χ4n) is 2.98. The molecule has 27 heavy (non-hydrogen) atoms. The Morgan fingerprint density at radius 2 is 1.85 bits per heavy atom. The Kier molecular flexibility index (Phi) is 5.54. The van der Waals surface area contributed by atoms with Crippen LogP contribution in [0.2, 0.25) is 0 Å². The predicted molar refractivity (Wildman–Crippen MR) is 100 cm³/mol. The third-order valence-corrected chi connectivity index (χ3v) is 6.52. The lowest BCUT2D eigenvalue weighted by atomic mass is 9.97. The Labute approximate surface area is 158 Å². The zero-order chi connectivity index (χ0) is 19.4. The van der Waals surface area contributed by atoms with E-state index in [2.05, 4.69) is 10.3 Å². The van der Waals surface area contributed by atoms with Gasteiger partial charge in [0.15, 0.2) is 0 Å². The van der Waals surface area contributed by atoms with Crippen molar-refractivity contribution in [3.8, 4) is 6.07 Å². The number of sulfonamides is 1. The summed E-state index contributed by atoms with van der Waals surface area (Å²) in [6.07, 6.45) is 2.59. The number of aromatic nitrogens is 1.